The Kier molecular flexibility index (Phi) is 7.71. The fourth-order valence-electron chi connectivity index (χ4n) is 4.51. The van der Waals surface area contributed by atoms with E-state index in [1.54, 1.807) is 14.2 Å². The minimum Gasteiger partial charge on any atom is -0.497 e. The predicted molar refractivity (Wildman–Crippen MR) is 111 cm³/mol. The highest BCUT2D eigenvalue weighted by Gasteiger charge is 2.40. The maximum absolute atomic E-state index is 13.2. The highest BCUT2D eigenvalue weighted by atomic mass is 16.5. The van der Waals surface area contributed by atoms with Gasteiger partial charge < -0.3 is 20.1 Å². The molecule has 156 valence electrons. The standard InChI is InChI=1S/C22H35N3O3/c1-27-17-22(10-12-23-13-11-22)21(26)24-16-20(25-14-4-3-5-15-25)18-6-8-19(28-2)9-7-18/h6-9,20,23H,3-5,10-17H2,1-2H3,(H,24,26). The van der Waals surface area contributed by atoms with Gasteiger partial charge in [0, 0.05) is 13.7 Å². The van der Waals surface area contributed by atoms with Gasteiger partial charge >= 0.3 is 0 Å². The number of hydrogen-bond acceptors (Lipinski definition) is 5. The van der Waals surface area contributed by atoms with Crippen LogP contribution in [0.25, 0.3) is 0 Å². The lowest BCUT2D eigenvalue weighted by Crippen LogP contribution is -2.51. The van der Waals surface area contributed by atoms with Crippen molar-refractivity contribution in [3.05, 3.63) is 29.8 Å². The first kappa shape index (κ1) is 21.1. The minimum atomic E-state index is -0.410. The SMILES string of the molecule is COCC1(C(=O)NCC(c2ccc(OC)cc2)N2CCCCC2)CCNCC1. The van der Waals surface area contributed by atoms with Crippen LogP contribution in [-0.2, 0) is 9.53 Å². The molecule has 2 N–H and O–H groups in total. The molecule has 1 aromatic carbocycles. The Bertz CT molecular complexity index is 602. The van der Waals surface area contributed by atoms with E-state index in [0.717, 1.165) is 44.8 Å². The number of carbonyl (C=O) groups is 1. The first-order valence-corrected chi connectivity index (χ1v) is 10.5. The number of methoxy groups -OCH3 is 2. The molecular weight excluding hydrogens is 354 g/mol. The fraction of sp³-hybridized carbons (Fsp3) is 0.682. The van der Waals surface area contributed by atoms with Crippen LogP contribution in [0.3, 0.4) is 0 Å². The van der Waals surface area contributed by atoms with Crippen molar-refractivity contribution in [2.45, 2.75) is 38.1 Å². The maximum atomic E-state index is 13.2. The van der Waals surface area contributed by atoms with Crippen LogP contribution >= 0.6 is 0 Å². The van der Waals surface area contributed by atoms with E-state index in [1.807, 2.05) is 12.1 Å². The summed E-state index contributed by atoms with van der Waals surface area (Å²) in [6.45, 7) is 5.01. The molecule has 6 nitrogen and oxygen atoms in total. The summed E-state index contributed by atoms with van der Waals surface area (Å²) in [5, 5.41) is 6.63. The second-order valence-corrected chi connectivity index (χ2v) is 8.06. The van der Waals surface area contributed by atoms with Gasteiger partial charge in [0.2, 0.25) is 5.91 Å². The van der Waals surface area contributed by atoms with Crippen molar-refractivity contribution in [1.29, 1.82) is 0 Å². The molecule has 0 spiro atoms. The van der Waals surface area contributed by atoms with Crippen LogP contribution in [-0.4, -0.2) is 64.4 Å². The zero-order valence-corrected chi connectivity index (χ0v) is 17.3. The molecule has 0 saturated carbocycles. The lowest BCUT2D eigenvalue weighted by atomic mass is 9.78. The van der Waals surface area contributed by atoms with Crippen molar-refractivity contribution in [2.75, 3.05) is 53.6 Å². The molecule has 28 heavy (non-hydrogen) atoms. The molecule has 1 amide bonds. The molecule has 1 atom stereocenters. The Hall–Kier alpha value is -1.63. The van der Waals surface area contributed by atoms with E-state index in [0.29, 0.717) is 13.2 Å². The van der Waals surface area contributed by atoms with Gasteiger partial charge in [0.25, 0.3) is 0 Å². The Balaban J connectivity index is 1.71. The van der Waals surface area contributed by atoms with Crippen LogP contribution in [0.15, 0.2) is 24.3 Å². The molecule has 2 aliphatic heterocycles. The average Bonchev–Trinajstić information content (AvgIpc) is 2.76. The number of likely N-dealkylation sites (tertiary alicyclic amines) is 1. The number of carbonyl (C=O) groups excluding carboxylic acids is 1. The van der Waals surface area contributed by atoms with Crippen molar-refractivity contribution in [1.82, 2.24) is 15.5 Å². The molecule has 0 radical (unpaired) electrons. The number of nitrogens with one attached hydrogen (secondary N) is 2. The second kappa shape index (κ2) is 10.2. The number of rotatable bonds is 8. The van der Waals surface area contributed by atoms with Crippen LogP contribution in [0.2, 0.25) is 0 Å². The quantitative estimate of drug-likeness (QED) is 0.715. The number of benzene rings is 1. The van der Waals surface area contributed by atoms with E-state index in [1.165, 1.54) is 24.8 Å². The summed E-state index contributed by atoms with van der Waals surface area (Å²) in [6.07, 6.45) is 5.38. The molecule has 2 saturated heterocycles. The Morgan fingerprint density at radius 1 is 1.14 bits per heavy atom. The van der Waals surface area contributed by atoms with Gasteiger partial charge in [0.05, 0.1) is 25.2 Å². The molecule has 0 aromatic heterocycles. The molecule has 2 aliphatic rings. The second-order valence-electron chi connectivity index (χ2n) is 8.06. The van der Waals surface area contributed by atoms with Gasteiger partial charge in [0.1, 0.15) is 5.75 Å². The average molecular weight is 390 g/mol. The van der Waals surface area contributed by atoms with Crippen molar-refractivity contribution >= 4 is 5.91 Å². The van der Waals surface area contributed by atoms with E-state index >= 15 is 0 Å². The third-order valence-corrected chi connectivity index (χ3v) is 6.25. The normalized spacial score (nSPS) is 21.1. The summed E-state index contributed by atoms with van der Waals surface area (Å²) in [5.41, 5.74) is 0.820. The summed E-state index contributed by atoms with van der Waals surface area (Å²) in [6, 6.07) is 8.46. The molecule has 2 heterocycles. The molecule has 1 aromatic rings. The first-order chi connectivity index (χ1) is 13.7. The topological polar surface area (TPSA) is 62.8 Å². The highest BCUT2D eigenvalue weighted by molar-refractivity contribution is 5.83. The van der Waals surface area contributed by atoms with E-state index in [9.17, 15) is 4.79 Å². The predicted octanol–water partition coefficient (Wildman–Crippen LogP) is 2.35. The van der Waals surface area contributed by atoms with Gasteiger partial charge in [-0.3, -0.25) is 9.69 Å². The third-order valence-electron chi connectivity index (χ3n) is 6.25. The van der Waals surface area contributed by atoms with Crippen LogP contribution in [0, 0.1) is 5.41 Å². The van der Waals surface area contributed by atoms with Gasteiger partial charge in [-0.25, -0.2) is 0 Å². The van der Waals surface area contributed by atoms with Gasteiger partial charge in [-0.1, -0.05) is 18.6 Å². The van der Waals surface area contributed by atoms with Crippen molar-refractivity contribution in [3.63, 3.8) is 0 Å². The lowest BCUT2D eigenvalue weighted by molar-refractivity contribution is -0.136. The highest BCUT2D eigenvalue weighted by Crippen LogP contribution is 2.31. The van der Waals surface area contributed by atoms with Gasteiger partial charge in [-0.15, -0.1) is 0 Å². The van der Waals surface area contributed by atoms with E-state index in [4.69, 9.17) is 9.47 Å². The summed E-state index contributed by atoms with van der Waals surface area (Å²) in [4.78, 5) is 15.7. The molecule has 2 fully saturated rings. The summed E-state index contributed by atoms with van der Waals surface area (Å²) in [5.74, 6) is 0.991. The van der Waals surface area contributed by atoms with Crippen molar-refractivity contribution < 1.29 is 14.3 Å². The van der Waals surface area contributed by atoms with Gasteiger partial charge in [0.15, 0.2) is 0 Å². The van der Waals surface area contributed by atoms with Gasteiger partial charge in [-0.05, 0) is 69.6 Å². The van der Waals surface area contributed by atoms with Crippen LogP contribution < -0.4 is 15.4 Å². The largest absolute Gasteiger partial charge is 0.497 e. The fourth-order valence-corrected chi connectivity index (χ4v) is 4.51. The van der Waals surface area contributed by atoms with Gasteiger partial charge in [-0.2, -0.15) is 0 Å². The van der Waals surface area contributed by atoms with E-state index in [-0.39, 0.29) is 11.9 Å². The Morgan fingerprint density at radius 2 is 1.82 bits per heavy atom. The number of nitrogens with zero attached hydrogens (tertiary/aromatic N) is 1. The molecule has 6 heteroatoms. The number of hydrogen-bond donors (Lipinski definition) is 2. The Morgan fingerprint density at radius 3 is 2.43 bits per heavy atom. The summed E-state index contributed by atoms with van der Waals surface area (Å²) in [7, 11) is 3.37. The molecule has 3 rings (SSSR count). The van der Waals surface area contributed by atoms with E-state index < -0.39 is 5.41 Å². The van der Waals surface area contributed by atoms with Crippen molar-refractivity contribution in [2.24, 2.45) is 5.41 Å². The minimum absolute atomic E-state index is 0.131. The van der Waals surface area contributed by atoms with Crippen LogP contribution in [0.4, 0.5) is 0 Å². The van der Waals surface area contributed by atoms with Crippen LogP contribution in [0.5, 0.6) is 5.75 Å². The Labute approximate surface area is 169 Å². The molecular formula is C22H35N3O3. The zero-order chi connectivity index (χ0) is 19.8. The lowest BCUT2D eigenvalue weighted by Gasteiger charge is -2.38. The smallest absolute Gasteiger partial charge is 0.228 e. The number of ether oxygens (including phenoxy) is 2. The maximum Gasteiger partial charge on any atom is 0.228 e. The van der Waals surface area contributed by atoms with Crippen molar-refractivity contribution in [3.8, 4) is 5.75 Å². The number of amides is 1. The van der Waals surface area contributed by atoms with Crippen LogP contribution in [0.1, 0.15) is 43.7 Å². The molecule has 1 unspecified atom stereocenters. The molecule has 0 bridgehead atoms. The molecule has 0 aliphatic carbocycles. The summed E-state index contributed by atoms with van der Waals surface area (Å²) >= 11 is 0. The first-order valence-electron chi connectivity index (χ1n) is 10.5. The summed E-state index contributed by atoms with van der Waals surface area (Å²) < 4.78 is 10.7. The van der Waals surface area contributed by atoms with E-state index in [2.05, 4.69) is 27.7 Å². The monoisotopic (exact) mass is 389 g/mol. The third kappa shape index (κ3) is 5.04. The zero-order valence-electron chi connectivity index (χ0n) is 17.3. The number of piperidine rings is 2.